The van der Waals surface area contributed by atoms with Crippen molar-refractivity contribution in [1.82, 2.24) is 4.98 Å². The Hall–Kier alpha value is -2.47. The number of aromatic nitrogens is 1. The molecule has 124 valence electrons. The number of oxazole rings is 1. The van der Waals surface area contributed by atoms with Gasteiger partial charge in [0.05, 0.1) is 12.4 Å². The minimum absolute atomic E-state index is 0.0852. The van der Waals surface area contributed by atoms with Crippen molar-refractivity contribution in [2.24, 2.45) is 0 Å². The van der Waals surface area contributed by atoms with Crippen LogP contribution in [0.25, 0.3) is 11.1 Å². The summed E-state index contributed by atoms with van der Waals surface area (Å²) in [5.41, 5.74) is 2.22. The first-order chi connectivity index (χ1) is 11.7. The van der Waals surface area contributed by atoms with Crippen molar-refractivity contribution < 1.29 is 13.9 Å². The second kappa shape index (κ2) is 7.40. The Morgan fingerprint density at radius 1 is 1.29 bits per heavy atom. The summed E-state index contributed by atoms with van der Waals surface area (Å²) in [6.45, 7) is 1.96. The van der Waals surface area contributed by atoms with Crippen molar-refractivity contribution in [2.75, 3.05) is 12.4 Å². The number of hydrogen-bond acceptors (Lipinski definition) is 5. The third-order valence-corrected chi connectivity index (χ3v) is 4.73. The number of fused-ring (bicyclic) bond motifs is 1. The summed E-state index contributed by atoms with van der Waals surface area (Å²) < 4.78 is 10.9. The van der Waals surface area contributed by atoms with Crippen LogP contribution in [0.3, 0.4) is 0 Å². The molecule has 2 aromatic carbocycles. The number of carbonyl (C=O) groups is 1. The summed E-state index contributed by atoms with van der Waals surface area (Å²) in [4.78, 5) is 16.9. The van der Waals surface area contributed by atoms with E-state index in [0.29, 0.717) is 23.1 Å². The Morgan fingerprint density at radius 2 is 2.12 bits per heavy atom. The predicted octanol–water partition coefficient (Wildman–Crippen LogP) is 4.35. The number of ether oxygens (including phenoxy) is 1. The Morgan fingerprint density at radius 3 is 2.88 bits per heavy atom. The van der Waals surface area contributed by atoms with Gasteiger partial charge in [0.15, 0.2) is 5.58 Å². The Bertz CT molecular complexity index is 814. The highest BCUT2D eigenvalue weighted by Gasteiger charge is 2.21. The van der Waals surface area contributed by atoms with Gasteiger partial charge >= 0.3 is 0 Å². The van der Waals surface area contributed by atoms with Gasteiger partial charge in [-0.05, 0) is 30.7 Å². The van der Waals surface area contributed by atoms with Gasteiger partial charge < -0.3 is 14.5 Å². The van der Waals surface area contributed by atoms with Crippen molar-refractivity contribution in [1.29, 1.82) is 0 Å². The zero-order chi connectivity index (χ0) is 16.9. The van der Waals surface area contributed by atoms with E-state index in [1.54, 1.807) is 13.2 Å². The van der Waals surface area contributed by atoms with Gasteiger partial charge in [-0.15, -0.1) is 0 Å². The Kier molecular flexibility index (Phi) is 5.05. The minimum atomic E-state index is -0.288. The van der Waals surface area contributed by atoms with Gasteiger partial charge in [-0.1, -0.05) is 36.9 Å². The molecular formula is C18H18N2O3S. The summed E-state index contributed by atoms with van der Waals surface area (Å²) in [5.74, 6) is 0.616. The molecule has 1 heterocycles. The molecular weight excluding hydrogens is 324 g/mol. The molecule has 1 atom stereocenters. The van der Waals surface area contributed by atoms with E-state index in [0.717, 1.165) is 11.1 Å². The Balaban J connectivity index is 1.71. The monoisotopic (exact) mass is 342 g/mol. The molecule has 5 nitrogen and oxygen atoms in total. The molecule has 0 bridgehead atoms. The summed E-state index contributed by atoms with van der Waals surface area (Å²) in [6.07, 6.45) is 0.666. The second-order valence-electron chi connectivity index (χ2n) is 5.18. The lowest BCUT2D eigenvalue weighted by Gasteiger charge is -2.13. The largest absolute Gasteiger partial charge is 0.497 e. The van der Waals surface area contributed by atoms with E-state index >= 15 is 0 Å². The van der Waals surface area contributed by atoms with E-state index in [9.17, 15) is 4.79 Å². The number of rotatable bonds is 6. The fourth-order valence-electron chi connectivity index (χ4n) is 2.27. The number of carbonyl (C=O) groups excluding carboxylic acids is 1. The van der Waals surface area contributed by atoms with Crippen molar-refractivity contribution in [3.8, 4) is 5.75 Å². The Labute approximate surface area is 144 Å². The molecule has 0 aliphatic rings. The standard InChI is InChI=1S/C18H18N2O3S/c1-3-16(17(21)19-12-7-6-8-13(11-12)22-2)24-18-20-14-9-4-5-10-15(14)23-18/h4-11,16H,3H2,1-2H3,(H,19,21). The summed E-state index contributed by atoms with van der Waals surface area (Å²) in [7, 11) is 1.60. The number of nitrogens with one attached hydrogen (secondary N) is 1. The first-order valence-corrected chi connectivity index (χ1v) is 8.54. The zero-order valence-corrected chi connectivity index (χ0v) is 14.3. The van der Waals surface area contributed by atoms with Crippen LogP contribution in [0.1, 0.15) is 13.3 Å². The van der Waals surface area contributed by atoms with Crippen molar-refractivity contribution in [3.63, 3.8) is 0 Å². The van der Waals surface area contributed by atoms with Gasteiger partial charge in [0.1, 0.15) is 11.3 Å². The van der Waals surface area contributed by atoms with Gasteiger partial charge in [-0.2, -0.15) is 0 Å². The molecule has 0 radical (unpaired) electrons. The van der Waals surface area contributed by atoms with Crippen LogP contribution >= 0.6 is 11.8 Å². The number of para-hydroxylation sites is 2. The smallest absolute Gasteiger partial charge is 0.257 e. The molecule has 24 heavy (non-hydrogen) atoms. The molecule has 0 saturated heterocycles. The SMILES string of the molecule is CCC(Sc1nc2ccccc2o1)C(=O)Nc1cccc(OC)c1. The number of benzene rings is 2. The molecule has 1 unspecified atom stereocenters. The maximum absolute atomic E-state index is 12.5. The van der Waals surface area contributed by atoms with Crippen LogP contribution in [0.2, 0.25) is 0 Å². The lowest BCUT2D eigenvalue weighted by molar-refractivity contribution is -0.115. The first-order valence-electron chi connectivity index (χ1n) is 7.66. The molecule has 3 rings (SSSR count). The summed E-state index contributed by atoms with van der Waals surface area (Å²) in [6, 6.07) is 14.8. The van der Waals surface area contributed by atoms with Crippen LogP contribution < -0.4 is 10.1 Å². The number of thioether (sulfide) groups is 1. The van der Waals surface area contributed by atoms with E-state index in [2.05, 4.69) is 10.3 Å². The van der Waals surface area contributed by atoms with Crippen molar-refractivity contribution >= 4 is 34.5 Å². The minimum Gasteiger partial charge on any atom is -0.497 e. The van der Waals surface area contributed by atoms with Crippen LogP contribution in [-0.2, 0) is 4.79 Å². The van der Waals surface area contributed by atoms with E-state index in [4.69, 9.17) is 9.15 Å². The fourth-order valence-corrected chi connectivity index (χ4v) is 3.13. The molecule has 6 heteroatoms. The van der Waals surface area contributed by atoms with E-state index in [1.165, 1.54) is 11.8 Å². The van der Waals surface area contributed by atoms with Gasteiger partial charge in [-0.25, -0.2) is 4.98 Å². The van der Waals surface area contributed by atoms with Crippen LogP contribution in [0, 0.1) is 0 Å². The summed E-state index contributed by atoms with van der Waals surface area (Å²) >= 11 is 1.33. The van der Waals surface area contributed by atoms with Crippen LogP contribution in [0.15, 0.2) is 58.2 Å². The molecule has 0 aliphatic heterocycles. The van der Waals surface area contributed by atoms with Crippen LogP contribution in [0.4, 0.5) is 5.69 Å². The normalized spacial score (nSPS) is 12.1. The topological polar surface area (TPSA) is 64.4 Å². The lowest BCUT2D eigenvalue weighted by atomic mass is 10.2. The molecule has 0 saturated carbocycles. The average molecular weight is 342 g/mol. The van der Waals surface area contributed by atoms with Crippen molar-refractivity contribution in [2.45, 2.75) is 23.8 Å². The number of methoxy groups -OCH3 is 1. The number of hydrogen-bond donors (Lipinski definition) is 1. The van der Waals surface area contributed by atoms with Gasteiger partial charge in [-0.3, -0.25) is 4.79 Å². The van der Waals surface area contributed by atoms with E-state index in [-0.39, 0.29) is 11.2 Å². The maximum atomic E-state index is 12.5. The van der Waals surface area contributed by atoms with Crippen LogP contribution in [-0.4, -0.2) is 23.3 Å². The highest BCUT2D eigenvalue weighted by atomic mass is 32.2. The quantitative estimate of drug-likeness (QED) is 0.675. The molecule has 1 amide bonds. The first kappa shape index (κ1) is 16.4. The second-order valence-corrected chi connectivity index (χ2v) is 6.34. The molecule has 1 N–H and O–H groups in total. The van der Waals surface area contributed by atoms with E-state index in [1.807, 2.05) is 49.4 Å². The van der Waals surface area contributed by atoms with Crippen molar-refractivity contribution in [3.05, 3.63) is 48.5 Å². The number of nitrogens with zero attached hydrogens (tertiary/aromatic N) is 1. The van der Waals surface area contributed by atoms with E-state index < -0.39 is 0 Å². The van der Waals surface area contributed by atoms with Gasteiger partial charge in [0.2, 0.25) is 5.91 Å². The fraction of sp³-hybridized carbons (Fsp3) is 0.222. The molecule has 3 aromatic rings. The lowest BCUT2D eigenvalue weighted by Crippen LogP contribution is -2.24. The molecule has 0 fully saturated rings. The predicted molar refractivity (Wildman–Crippen MR) is 95.6 cm³/mol. The van der Waals surface area contributed by atoms with Gasteiger partial charge in [0, 0.05) is 11.8 Å². The highest BCUT2D eigenvalue weighted by Crippen LogP contribution is 2.29. The summed E-state index contributed by atoms with van der Waals surface area (Å²) in [5, 5.41) is 3.13. The molecule has 1 aromatic heterocycles. The molecule has 0 spiro atoms. The van der Waals surface area contributed by atoms with Crippen LogP contribution in [0.5, 0.6) is 5.75 Å². The van der Waals surface area contributed by atoms with Gasteiger partial charge in [0.25, 0.3) is 5.22 Å². The maximum Gasteiger partial charge on any atom is 0.257 e. The third kappa shape index (κ3) is 3.71. The zero-order valence-electron chi connectivity index (χ0n) is 13.5. The number of anilines is 1. The highest BCUT2D eigenvalue weighted by molar-refractivity contribution is 8.00. The molecule has 0 aliphatic carbocycles. The average Bonchev–Trinajstić information content (AvgIpc) is 3.02. The number of amides is 1. The third-order valence-electron chi connectivity index (χ3n) is 3.52.